The number of hydrogen-bond acceptors (Lipinski definition) is 1. The van der Waals surface area contributed by atoms with E-state index in [0.29, 0.717) is 11.4 Å². The van der Waals surface area contributed by atoms with Gasteiger partial charge in [-0.25, -0.2) is 0 Å². The molecule has 3 rings (SSSR count). The number of Topliss-reactive ketones (excluding diaryl/α,β-unsaturated/α-hetero) is 1. The molecular formula is C18H19ClO. The molecule has 2 aliphatic rings. The van der Waals surface area contributed by atoms with E-state index in [2.05, 4.69) is 30.4 Å². The minimum Gasteiger partial charge on any atom is -0.294 e. The summed E-state index contributed by atoms with van der Waals surface area (Å²) in [4.78, 5) is 12.0. The lowest BCUT2D eigenvalue weighted by molar-refractivity contribution is 0.0991. The highest BCUT2D eigenvalue weighted by molar-refractivity contribution is 6.31. The van der Waals surface area contributed by atoms with E-state index in [1.165, 1.54) is 5.57 Å². The van der Waals surface area contributed by atoms with Gasteiger partial charge in [-0.05, 0) is 29.7 Å². The van der Waals surface area contributed by atoms with Crippen LogP contribution in [-0.2, 0) is 0 Å². The van der Waals surface area contributed by atoms with E-state index in [-0.39, 0.29) is 11.7 Å². The molecule has 2 heteroatoms. The normalized spacial score (nSPS) is 19.9. The number of benzene rings is 1. The van der Waals surface area contributed by atoms with Gasteiger partial charge in [-0.15, -0.1) is 0 Å². The first-order chi connectivity index (χ1) is 9.75. The zero-order valence-corrected chi connectivity index (χ0v) is 12.7. The maximum absolute atomic E-state index is 12.0. The molecule has 104 valence electrons. The van der Waals surface area contributed by atoms with Crippen molar-refractivity contribution in [3.63, 3.8) is 0 Å². The third-order valence-corrected chi connectivity index (χ3v) is 3.73. The third kappa shape index (κ3) is 2.94. The van der Waals surface area contributed by atoms with Crippen LogP contribution in [0.2, 0.25) is 5.02 Å². The monoisotopic (exact) mass is 286 g/mol. The molecule has 0 fully saturated rings. The molecule has 1 atom stereocenters. The van der Waals surface area contributed by atoms with Crippen LogP contribution in [0.3, 0.4) is 0 Å². The Morgan fingerprint density at radius 2 is 2.00 bits per heavy atom. The quantitative estimate of drug-likeness (QED) is 0.668. The van der Waals surface area contributed by atoms with Crippen molar-refractivity contribution in [2.24, 2.45) is 0 Å². The Morgan fingerprint density at radius 1 is 1.20 bits per heavy atom. The second-order valence-electron chi connectivity index (χ2n) is 4.64. The van der Waals surface area contributed by atoms with Crippen molar-refractivity contribution < 1.29 is 4.79 Å². The molecule has 0 saturated heterocycles. The van der Waals surface area contributed by atoms with Crippen LogP contribution in [0.1, 0.15) is 48.5 Å². The fourth-order valence-corrected chi connectivity index (χ4v) is 2.78. The Hall–Kier alpha value is -1.60. The second-order valence-corrected chi connectivity index (χ2v) is 5.08. The van der Waals surface area contributed by atoms with Crippen molar-refractivity contribution >= 4 is 17.4 Å². The summed E-state index contributed by atoms with van der Waals surface area (Å²) in [5.74, 6) is 0.379. The van der Waals surface area contributed by atoms with Gasteiger partial charge in [0.2, 0.25) is 0 Å². The molecule has 0 heterocycles. The fourth-order valence-electron chi connectivity index (χ4n) is 2.60. The maximum atomic E-state index is 12.0. The first-order valence-electron chi connectivity index (χ1n) is 7.11. The molecule has 1 nitrogen and oxygen atoms in total. The lowest BCUT2D eigenvalue weighted by Crippen LogP contribution is -1.96. The second kappa shape index (κ2) is 6.71. The van der Waals surface area contributed by atoms with Crippen LogP contribution in [0, 0.1) is 0 Å². The standard InChI is InChI=1S/C16H13ClO.C2H6/c17-12-7-8-13-14(10-16(18)15(13)9-12)11-5-3-1-2-4-6-11;1-2/h1,3-9,14H,2,10H2;1-2H3/t14-;/m1./s1. The molecule has 0 saturated carbocycles. The molecule has 1 aromatic rings. The first-order valence-corrected chi connectivity index (χ1v) is 7.49. The van der Waals surface area contributed by atoms with Crippen molar-refractivity contribution in [2.75, 3.05) is 0 Å². The number of carbonyl (C=O) groups excluding carboxylic acids is 1. The average molecular weight is 287 g/mol. The Labute approximate surface area is 125 Å². The summed E-state index contributed by atoms with van der Waals surface area (Å²) >= 11 is 5.96. The van der Waals surface area contributed by atoms with Gasteiger partial charge in [-0.1, -0.05) is 61.9 Å². The SMILES string of the molecule is CC.O=C1C[C@H](C2=CC=CCC=C2)c2ccc(Cl)cc21. The molecule has 0 unspecified atom stereocenters. The average Bonchev–Trinajstić information content (AvgIpc) is 2.68. The van der Waals surface area contributed by atoms with Crippen LogP contribution in [0.5, 0.6) is 0 Å². The highest BCUT2D eigenvalue weighted by Crippen LogP contribution is 2.40. The Bertz CT molecular complexity index is 593. The van der Waals surface area contributed by atoms with Gasteiger partial charge in [0.25, 0.3) is 0 Å². The highest BCUT2D eigenvalue weighted by atomic mass is 35.5. The summed E-state index contributed by atoms with van der Waals surface area (Å²) in [5.41, 5.74) is 3.10. The largest absolute Gasteiger partial charge is 0.294 e. The van der Waals surface area contributed by atoms with Crippen molar-refractivity contribution in [1.29, 1.82) is 0 Å². The van der Waals surface area contributed by atoms with Crippen LogP contribution in [0.25, 0.3) is 0 Å². The van der Waals surface area contributed by atoms with Gasteiger partial charge in [0, 0.05) is 22.9 Å². The Balaban J connectivity index is 0.000000704. The van der Waals surface area contributed by atoms with Gasteiger partial charge in [-0.3, -0.25) is 4.79 Å². The zero-order chi connectivity index (χ0) is 14.5. The Morgan fingerprint density at radius 3 is 2.80 bits per heavy atom. The van der Waals surface area contributed by atoms with Crippen molar-refractivity contribution in [1.82, 2.24) is 0 Å². The van der Waals surface area contributed by atoms with Gasteiger partial charge in [-0.2, -0.15) is 0 Å². The number of hydrogen-bond donors (Lipinski definition) is 0. The molecule has 0 spiro atoms. The third-order valence-electron chi connectivity index (χ3n) is 3.49. The molecule has 0 radical (unpaired) electrons. The van der Waals surface area contributed by atoms with E-state index in [4.69, 9.17) is 11.6 Å². The summed E-state index contributed by atoms with van der Waals surface area (Å²) in [6.07, 6.45) is 12.0. The van der Waals surface area contributed by atoms with Gasteiger partial charge in [0.1, 0.15) is 0 Å². The van der Waals surface area contributed by atoms with Gasteiger partial charge in [0.15, 0.2) is 5.78 Å². The minimum atomic E-state index is 0.184. The van der Waals surface area contributed by atoms with Crippen LogP contribution >= 0.6 is 11.6 Å². The number of allylic oxidation sites excluding steroid dienone is 6. The zero-order valence-electron chi connectivity index (χ0n) is 11.9. The van der Waals surface area contributed by atoms with Crippen LogP contribution < -0.4 is 0 Å². The molecule has 0 bridgehead atoms. The highest BCUT2D eigenvalue weighted by Gasteiger charge is 2.30. The molecule has 0 aromatic heterocycles. The van der Waals surface area contributed by atoms with Crippen LogP contribution in [0.15, 0.2) is 54.2 Å². The van der Waals surface area contributed by atoms with Gasteiger partial charge < -0.3 is 0 Å². The van der Waals surface area contributed by atoms with E-state index in [0.717, 1.165) is 17.5 Å². The van der Waals surface area contributed by atoms with E-state index in [1.54, 1.807) is 6.07 Å². The van der Waals surface area contributed by atoms with Crippen molar-refractivity contribution in [3.8, 4) is 0 Å². The number of rotatable bonds is 1. The molecule has 0 aliphatic heterocycles. The topological polar surface area (TPSA) is 17.1 Å². The lowest BCUT2D eigenvalue weighted by atomic mass is 9.92. The first kappa shape index (κ1) is 14.8. The summed E-state index contributed by atoms with van der Waals surface area (Å²) in [6.45, 7) is 4.00. The summed E-state index contributed by atoms with van der Waals surface area (Å²) in [5, 5.41) is 0.632. The number of halogens is 1. The molecule has 0 amide bonds. The number of fused-ring (bicyclic) bond motifs is 1. The predicted octanol–water partition coefficient (Wildman–Crippen LogP) is 5.48. The van der Waals surface area contributed by atoms with Crippen molar-refractivity contribution in [3.05, 3.63) is 70.3 Å². The summed E-state index contributed by atoms with van der Waals surface area (Å²) in [7, 11) is 0. The summed E-state index contributed by atoms with van der Waals surface area (Å²) < 4.78 is 0. The van der Waals surface area contributed by atoms with E-state index < -0.39 is 0 Å². The van der Waals surface area contributed by atoms with E-state index >= 15 is 0 Å². The fraction of sp³-hybridized carbons (Fsp3) is 0.278. The molecule has 0 N–H and O–H groups in total. The van der Waals surface area contributed by atoms with Gasteiger partial charge >= 0.3 is 0 Å². The van der Waals surface area contributed by atoms with Crippen LogP contribution in [-0.4, -0.2) is 5.78 Å². The predicted molar refractivity (Wildman–Crippen MR) is 85.5 cm³/mol. The van der Waals surface area contributed by atoms with Crippen LogP contribution in [0.4, 0.5) is 0 Å². The molecule has 1 aromatic carbocycles. The number of ketones is 1. The van der Waals surface area contributed by atoms with E-state index in [1.807, 2.05) is 26.0 Å². The summed E-state index contributed by atoms with van der Waals surface area (Å²) in [6, 6.07) is 5.63. The van der Waals surface area contributed by atoms with E-state index in [9.17, 15) is 4.79 Å². The molecular weight excluding hydrogens is 268 g/mol. The Kier molecular flexibility index (Phi) is 4.97. The number of carbonyl (C=O) groups is 1. The molecule has 20 heavy (non-hydrogen) atoms. The smallest absolute Gasteiger partial charge is 0.164 e. The minimum absolute atomic E-state index is 0.184. The maximum Gasteiger partial charge on any atom is 0.164 e. The van der Waals surface area contributed by atoms with Gasteiger partial charge in [0.05, 0.1) is 0 Å². The molecule has 2 aliphatic carbocycles. The van der Waals surface area contributed by atoms with Crippen molar-refractivity contribution in [2.45, 2.75) is 32.6 Å². The lowest BCUT2D eigenvalue weighted by Gasteiger charge is -2.11.